The minimum atomic E-state index is 0.890. The van der Waals surface area contributed by atoms with Gasteiger partial charge in [0.05, 0.1) is 22.8 Å². The summed E-state index contributed by atoms with van der Waals surface area (Å²) in [6.07, 6.45) is 17.4. The zero-order valence-corrected chi connectivity index (χ0v) is 40.5. The maximum atomic E-state index is 5.62. The Morgan fingerprint density at radius 1 is 0.300 bits per heavy atom. The number of nitrogens with zero attached hydrogens (tertiary/aromatic N) is 2. The highest BCUT2D eigenvalue weighted by atomic mass is 14.8. The molecule has 2 N–H and O–H groups in total. The van der Waals surface area contributed by atoms with Crippen LogP contribution in [0.5, 0.6) is 0 Å². The van der Waals surface area contributed by atoms with E-state index >= 15 is 0 Å². The van der Waals surface area contributed by atoms with Crippen LogP contribution in [-0.4, -0.2) is 19.9 Å². The third kappa shape index (κ3) is 8.61. The van der Waals surface area contributed by atoms with E-state index in [1.807, 2.05) is 12.1 Å². The molecular formula is C66H54N4. The lowest BCUT2D eigenvalue weighted by atomic mass is 9.92. The van der Waals surface area contributed by atoms with Gasteiger partial charge in [0.15, 0.2) is 0 Å². The molecule has 6 aromatic carbocycles. The van der Waals surface area contributed by atoms with Crippen molar-refractivity contribution in [1.29, 1.82) is 0 Å². The van der Waals surface area contributed by atoms with Crippen LogP contribution in [0, 0.1) is 41.5 Å². The Kier molecular flexibility index (Phi) is 11.6. The first-order valence-corrected chi connectivity index (χ1v) is 24.1. The molecule has 0 amide bonds. The summed E-state index contributed by atoms with van der Waals surface area (Å²) in [6, 6.07) is 56.5. The molecule has 0 fully saturated rings. The molecule has 0 unspecified atom stereocenters. The predicted octanol–water partition coefficient (Wildman–Crippen LogP) is 17.5. The monoisotopic (exact) mass is 902 g/mol. The molecule has 8 bridgehead atoms. The van der Waals surface area contributed by atoms with Crippen molar-refractivity contribution in [2.45, 2.75) is 41.5 Å². The summed E-state index contributed by atoms with van der Waals surface area (Å²) >= 11 is 0. The molecular weight excluding hydrogens is 849 g/mol. The SMILES string of the molecule is Cc1cc(C)c(-c2c3nc(c(-c4ccc(/C=C/c5ccccc5)cc4)c4ccc([nH]4)c(-c4c(C)cc(C)cc4C)c4nc(c(-c5ccc(/C=C/c6ccccc6)cc5)c5ccc2[nH]5)C=C4)C=C3)c(C)c1. The minimum Gasteiger partial charge on any atom is -0.354 e. The molecule has 0 radical (unpaired) electrons. The second-order valence-electron chi connectivity index (χ2n) is 18.8. The van der Waals surface area contributed by atoms with E-state index in [-0.39, 0.29) is 0 Å². The van der Waals surface area contributed by atoms with Gasteiger partial charge in [-0.1, -0.05) is 169 Å². The molecule has 0 saturated carbocycles. The van der Waals surface area contributed by atoms with E-state index in [0.29, 0.717) is 0 Å². The molecule has 5 heterocycles. The number of aromatic nitrogens is 4. The van der Waals surface area contributed by atoms with Gasteiger partial charge in [-0.3, -0.25) is 0 Å². The Morgan fingerprint density at radius 3 is 0.914 bits per heavy atom. The van der Waals surface area contributed by atoms with E-state index in [4.69, 9.17) is 9.97 Å². The standard InChI is InChI=1S/C66H54N4/c1-41-37-43(3)61(44(4)38-41)65-57-33-29-53(67-57)63(51-25-21-49(22-26-51)19-17-47-13-9-7-10-14-47)55-31-35-59(69-55)66(62-45(5)39-42(2)40-46(62)6)60-36-32-56(70-60)64(54-30-34-58(65)68-54)52-27-23-50(24-28-52)20-18-48-15-11-8-12-16-48/h7-40,67,70H,1-6H3/b19-17+,20-18+,63-53?,63-55?,64-54?,64-56?,65-57?,65-58?,66-59?,66-60?. The topological polar surface area (TPSA) is 57.4 Å². The summed E-state index contributed by atoms with van der Waals surface area (Å²) < 4.78 is 0. The molecule has 0 atom stereocenters. The maximum Gasteiger partial charge on any atom is 0.0737 e. The third-order valence-corrected chi connectivity index (χ3v) is 13.5. The summed E-state index contributed by atoms with van der Waals surface area (Å²) in [5, 5.41) is 0. The predicted molar refractivity (Wildman–Crippen MR) is 300 cm³/mol. The van der Waals surface area contributed by atoms with E-state index in [0.717, 1.165) is 89.4 Å². The van der Waals surface area contributed by atoms with Gasteiger partial charge in [0, 0.05) is 44.3 Å². The number of hydrogen-bond donors (Lipinski definition) is 2. The van der Waals surface area contributed by atoms with Crippen molar-refractivity contribution in [3.05, 3.63) is 236 Å². The zero-order chi connectivity index (χ0) is 47.9. The van der Waals surface area contributed by atoms with Gasteiger partial charge in [0.1, 0.15) is 0 Å². The van der Waals surface area contributed by atoms with Crippen molar-refractivity contribution in [2.24, 2.45) is 0 Å². The van der Waals surface area contributed by atoms with Crippen LogP contribution in [0.25, 0.3) is 115 Å². The van der Waals surface area contributed by atoms with Gasteiger partial charge in [0.25, 0.3) is 0 Å². The fraction of sp³-hybridized carbons (Fsp3) is 0.0909. The van der Waals surface area contributed by atoms with Gasteiger partial charge in [0.2, 0.25) is 0 Å². The van der Waals surface area contributed by atoms with Crippen LogP contribution in [0.3, 0.4) is 0 Å². The number of H-pyrrole nitrogens is 2. The lowest BCUT2D eigenvalue weighted by Crippen LogP contribution is -1.95. The van der Waals surface area contributed by atoms with Crippen LogP contribution in [0.15, 0.2) is 158 Å². The smallest absolute Gasteiger partial charge is 0.0737 e. The van der Waals surface area contributed by atoms with Crippen molar-refractivity contribution >= 4 is 70.7 Å². The largest absolute Gasteiger partial charge is 0.354 e. The number of fused-ring (bicyclic) bond motifs is 8. The highest BCUT2D eigenvalue weighted by Gasteiger charge is 2.21. The number of aryl methyl sites for hydroxylation is 6. The first-order valence-electron chi connectivity index (χ1n) is 24.1. The van der Waals surface area contributed by atoms with Crippen LogP contribution >= 0.6 is 0 Å². The molecule has 3 aromatic heterocycles. The Hall–Kier alpha value is -8.60. The van der Waals surface area contributed by atoms with Crippen molar-refractivity contribution in [3.63, 3.8) is 0 Å². The van der Waals surface area contributed by atoms with Crippen molar-refractivity contribution in [3.8, 4) is 44.5 Å². The molecule has 11 rings (SSSR count). The molecule has 0 spiro atoms. The Morgan fingerprint density at radius 2 is 0.586 bits per heavy atom. The lowest BCUT2D eigenvalue weighted by molar-refractivity contribution is 1.28. The molecule has 2 aliphatic rings. The van der Waals surface area contributed by atoms with E-state index in [1.165, 1.54) is 55.6 Å². The van der Waals surface area contributed by atoms with Crippen molar-refractivity contribution < 1.29 is 0 Å². The minimum absolute atomic E-state index is 0.890. The molecule has 9 aromatic rings. The number of rotatable bonds is 8. The highest BCUT2D eigenvalue weighted by molar-refractivity contribution is 6.01. The van der Waals surface area contributed by atoms with Gasteiger partial charge in [-0.05, 0) is 157 Å². The third-order valence-electron chi connectivity index (χ3n) is 13.5. The summed E-state index contributed by atoms with van der Waals surface area (Å²) in [6.45, 7) is 13.2. The normalized spacial score (nSPS) is 12.2. The van der Waals surface area contributed by atoms with Crippen LogP contribution in [0.1, 0.15) is 78.4 Å². The van der Waals surface area contributed by atoms with Crippen LogP contribution in [0.4, 0.5) is 0 Å². The van der Waals surface area contributed by atoms with E-state index in [2.05, 4.69) is 246 Å². The fourth-order valence-corrected chi connectivity index (χ4v) is 10.5. The van der Waals surface area contributed by atoms with Crippen molar-refractivity contribution in [2.75, 3.05) is 0 Å². The first kappa shape index (κ1) is 43.9. The second kappa shape index (κ2) is 18.5. The van der Waals surface area contributed by atoms with Gasteiger partial charge in [-0.15, -0.1) is 0 Å². The highest BCUT2D eigenvalue weighted by Crippen LogP contribution is 2.41. The molecule has 4 nitrogen and oxygen atoms in total. The Labute approximate surface area is 410 Å². The summed E-state index contributed by atoms with van der Waals surface area (Å²) in [4.78, 5) is 19.2. The number of nitrogens with one attached hydrogen (secondary N) is 2. The lowest BCUT2D eigenvalue weighted by Gasteiger charge is -2.13. The van der Waals surface area contributed by atoms with Crippen LogP contribution < -0.4 is 0 Å². The molecule has 0 saturated heterocycles. The molecule has 70 heavy (non-hydrogen) atoms. The molecule has 2 aliphatic heterocycles. The quantitative estimate of drug-likeness (QED) is 0.149. The van der Waals surface area contributed by atoms with Crippen LogP contribution in [0.2, 0.25) is 0 Å². The fourth-order valence-electron chi connectivity index (χ4n) is 10.5. The first-order chi connectivity index (χ1) is 34.1. The van der Waals surface area contributed by atoms with Gasteiger partial charge < -0.3 is 9.97 Å². The number of benzene rings is 6. The van der Waals surface area contributed by atoms with E-state index in [1.54, 1.807) is 0 Å². The molecule has 4 heteroatoms. The second-order valence-corrected chi connectivity index (χ2v) is 18.8. The van der Waals surface area contributed by atoms with Crippen molar-refractivity contribution in [1.82, 2.24) is 19.9 Å². The summed E-state index contributed by atoms with van der Waals surface area (Å²) in [5.74, 6) is 0. The van der Waals surface area contributed by atoms with Crippen LogP contribution in [-0.2, 0) is 0 Å². The zero-order valence-electron chi connectivity index (χ0n) is 40.5. The Balaban J connectivity index is 1.21. The number of hydrogen-bond acceptors (Lipinski definition) is 2. The number of aromatic amines is 2. The van der Waals surface area contributed by atoms with E-state index in [9.17, 15) is 0 Å². The maximum absolute atomic E-state index is 5.62. The molecule has 0 aliphatic carbocycles. The average molecular weight is 903 g/mol. The van der Waals surface area contributed by atoms with Gasteiger partial charge >= 0.3 is 0 Å². The summed E-state index contributed by atoms with van der Waals surface area (Å²) in [7, 11) is 0. The van der Waals surface area contributed by atoms with E-state index < -0.39 is 0 Å². The Bertz CT molecular complexity index is 3480. The summed E-state index contributed by atoms with van der Waals surface area (Å²) in [5.41, 5.74) is 28.1. The van der Waals surface area contributed by atoms with Gasteiger partial charge in [-0.2, -0.15) is 0 Å². The van der Waals surface area contributed by atoms with Gasteiger partial charge in [-0.25, -0.2) is 9.97 Å². The average Bonchev–Trinajstić information content (AvgIpc) is 4.22. The molecule has 338 valence electrons.